The van der Waals surface area contributed by atoms with E-state index in [4.69, 9.17) is 0 Å². The van der Waals surface area contributed by atoms with E-state index in [0.717, 1.165) is 15.8 Å². The predicted octanol–water partition coefficient (Wildman–Crippen LogP) is 3.66. The average Bonchev–Trinajstić information content (AvgIpc) is 2.67. The van der Waals surface area contributed by atoms with Gasteiger partial charge in [-0.1, -0.05) is 6.92 Å². The summed E-state index contributed by atoms with van der Waals surface area (Å²) in [5.74, 6) is 1.23. The van der Waals surface area contributed by atoms with Crippen LogP contribution in [0.25, 0.3) is 0 Å². The zero-order valence-corrected chi connectivity index (χ0v) is 10.0. The van der Waals surface area contributed by atoms with Crippen molar-refractivity contribution in [2.24, 2.45) is 11.8 Å². The highest BCUT2D eigenvalue weighted by Crippen LogP contribution is 2.42. The number of ketones is 1. The first-order chi connectivity index (χ1) is 6.09. The van der Waals surface area contributed by atoms with E-state index in [-0.39, 0.29) is 0 Å². The van der Waals surface area contributed by atoms with Gasteiger partial charge in [-0.3, -0.25) is 4.79 Å². The Hall–Kier alpha value is -0.150. The van der Waals surface area contributed by atoms with Crippen LogP contribution in [0.4, 0.5) is 0 Å². The van der Waals surface area contributed by atoms with Gasteiger partial charge in [-0.05, 0) is 41.3 Å². The molecule has 13 heavy (non-hydrogen) atoms. The van der Waals surface area contributed by atoms with Gasteiger partial charge in [0.1, 0.15) is 0 Å². The molecule has 0 aliphatic heterocycles. The van der Waals surface area contributed by atoms with Gasteiger partial charge in [-0.2, -0.15) is 0 Å². The van der Waals surface area contributed by atoms with Crippen LogP contribution in [0.1, 0.15) is 27.9 Å². The van der Waals surface area contributed by atoms with Gasteiger partial charge in [0, 0.05) is 15.3 Å². The van der Waals surface area contributed by atoms with E-state index in [1.54, 1.807) is 11.3 Å². The highest BCUT2D eigenvalue weighted by Gasteiger charge is 2.40. The van der Waals surface area contributed by atoms with Gasteiger partial charge in [0.25, 0.3) is 0 Å². The third-order valence-electron chi connectivity index (χ3n) is 2.48. The van der Waals surface area contributed by atoms with E-state index < -0.39 is 0 Å². The molecule has 1 aliphatic rings. The molecule has 1 heterocycles. The van der Waals surface area contributed by atoms with Crippen molar-refractivity contribution in [3.63, 3.8) is 0 Å². The van der Waals surface area contributed by atoms with Crippen molar-refractivity contribution in [3.05, 3.63) is 20.3 Å². The fourth-order valence-corrected chi connectivity index (χ4v) is 3.35. The molecule has 1 aliphatic carbocycles. The molecule has 0 radical (unpaired) electrons. The van der Waals surface area contributed by atoms with E-state index in [1.165, 1.54) is 4.88 Å². The fraction of sp³-hybridized carbons (Fsp3) is 0.500. The molecule has 0 spiro atoms. The summed E-state index contributed by atoms with van der Waals surface area (Å²) in [6, 6.07) is 2.02. The number of carbonyl (C=O) groups excluding carboxylic acids is 1. The van der Waals surface area contributed by atoms with E-state index in [1.807, 2.05) is 13.0 Å². The Balaban J connectivity index is 2.25. The summed E-state index contributed by atoms with van der Waals surface area (Å²) in [5, 5.41) is 0. The second-order valence-corrected chi connectivity index (χ2v) is 5.83. The first-order valence-electron chi connectivity index (χ1n) is 4.39. The van der Waals surface area contributed by atoms with Crippen molar-refractivity contribution >= 4 is 33.0 Å². The number of aryl methyl sites for hydroxylation is 1. The second-order valence-electron chi connectivity index (χ2n) is 3.72. The van der Waals surface area contributed by atoms with Gasteiger partial charge >= 0.3 is 0 Å². The number of rotatable bonds is 2. The second kappa shape index (κ2) is 3.21. The molecule has 2 rings (SSSR count). The zero-order valence-electron chi connectivity index (χ0n) is 7.63. The molecule has 0 saturated heterocycles. The first-order valence-corrected chi connectivity index (χ1v) is 6.00. The number of thiophene rings is 1. The number of Topliss-reactive ketones (excluding diaryl/α,β-unsaturated/α-hetero) is 1. The molecule has 1 saturated carbocycles. The summed E-state index contributed by atoms with van der Waals surface area (Å²) in [6.45, 7) is 4.17. The maximum atomic E-state index is 11.8. The summed E-state index contributed by atoms with van der Waals surface area (Å²) in [4.78, 5) is 13.9. The average molecular weight is 259 g/mol. The minimum absolute atomic E-state index is 0.300. The molecular formula is C10H11BrOS. The molecule has 2 unspecified atom stereocenters. The lowest BCUT2D eigenvalue weighted by molar-refractivity contribution is 0.0965. The van der Waals surface area contributed by atoms with Crippen LogP contribution in [0.3, 0.4) is 0 Å². The fourth-order valence-electron chi connectivity index (χ4n) is 1.51. The highest BCUT2D eigenvalue weighted by atomic mass is 79.9. The predicted molar refractivity (Wildman–Crippen MR) is 58.4 cm³/mol. The molecule has 0 bridgehead atoms. The van der Waals surface area contributed by atoms with Crippen LogP contribution >= 0.6 is 27.3 Å². The van der Waals surface area contributed by atoms with Crippen LogP contribution < -0.4 is 0 Å². The summed E-state index contributed by atoms with van der Waals surface area (Å²) in [6.07, 6.45) is 1.07. The molecule has 1 nitrogen and oxygen atoms in total. The Morgan fingerprint density at radius 2 is 2.31 bits per heavy atom. The van der Waals surface area contributed by atoms with E-state index >= 15 is 0 Å². The monoisotopic (exact) mass is 258 g/mol. The molecule has 0 aromatic carbocycles. The highest BCUT2D eigenvalue weighted by molar-refractivity contribution is 9.10. The van der Waals surface area contributed by atoms with Crippen molar-refractivity contribution in [2.75, 3.05) is 0 Å². The summed E-state index contributed by atoms with van der Waals surface area (Å²) >= 11 is 5.02. The Bertz CT molecular complexity index is 356. The van der Waals surface area contributed by atoms with E-state index in [0.29, 0.717) is 17.6 Å². The Kier molecular flexibility index (Phi) is 2.32. The topological polar surface area (TPSA) is 17.1 Å². The van der Waals surface area contributed by atoms with Crippen LogP contribution in [-0.4, -0.2) is 5.78 Å². The van der Waals surface area contributed by atoms with Crippen molar-refractivity contribution in [1.29, 1.82) is 0 Å². The normalized spacial score (nSPS) is 26.1. The molecule has 3 heteroatoms. The summed E-state index contributed by atoms with van der Waals surface area (Å²) in [7, 11) is 0. The number of hydrogen-bond acceptors (Lipinski definition) is 2. The van der Waals surface area contributed by atoms with Crippen LogP contribution in [-0.2, 0) is 0 Å². The molecule has 70 valence electrons. The maximum Gasteiger partial charge on any atom is 0.177 e. The first kappa shape index (κ1) is 9.41. The number of halogens is 1. The number of carbonyl (C=O) groups is 1. The quantitative estimate of drug-likeness (QED) is 0.741. The smallest absolute Gasteiger partial charge is 0.177 e. The summed E-state index contributed by atoms with van der Waals surface area (Å²) < 4.78 is 0.971. The lowest BCUT2D eigenvalue weighted by atomic mass is 10.2. The van der Waals surface area contributed by atoms with Gasteiger partial charge in [-0.25, -0.2) is 0 Å². The van der Waals surface area contributed by atoms with Crippen LogP contribution in [0.5, 0.6) is 0 Å². The lowest BCUT2D eigenvalue weighted by Gasteiger charge is -1.94. The molecule has 1 aromatic rings. The molecular weight excluding hydrogens is 248 g/mol. The van der Waals surface area contributed by atoms with Crippen molar-refractivity contribution in [1.82, 2.24) is 0 Å². The molecule has 2 atom stereocenters. The van der Waals surface area contributed by atoms with Crippen LogP contribution in [0.15, 0.2) is 10.5 Å². The Morgan fingerprint density at radius 1 is 1.69 bits per heavy atom. The molecule has 1 fully saturated rings. The largest absolute Gasteiger partial charge is 0.293 e. The van der Waals surface area contributed by atoms with Crippen molar-refractivity contribution in [2.45, 2.75) is 20.3 Å². The van der Waals surface area contributed by atoms with Gasteiger partial charge in [0.05, 0.1) is 4.88 Å². The maximum absolute atomic E-state index is 11.8. The van der Waals surface area contributed by atoms with Crippen molar-refractivity contribution < 1.29 is 4.79 Å². The zero-order chi connectivity index (χ0) is 9.59. The third kappa shape index (κ3) is 1.72. The van der Waals surface area contributed by atoms with Crippen LogP contribution in [0, 0.1) is 18.8 Å². The minimum Gasteiger partial charge on any atom is -0.293 e. The minimum atomic E-state index is 0.300. The number of hydrogen-bond donors (Lipinski definition) is 0. The van der Waals surface area contributed by atoms with Gasteiger partial charge in [0.2, 0.25) is 0 Å². The SMILES string of the molecule is Cc1cc(Br)c(C(=O)C2CC2C)s1. The summed E-state index contributed by atoms with van der Waals surface area (Å²) in [5.41, 5.74) is 0. The van der Waals surface area contributed by atoms with E-state index in [2.05, 4.69) is 22.9 Å². The van der Waals surface area contributed by atoms with E-state index in [9.17, 15) is 4.79 Å². The Morgan fingerprint density at radius 3 is 2.69 bits per heavy atom. The van der Waals surface area contributed by atoms with Gasteiger partial charge in [-0.15, -0.1) is 11.3 Å². The Labute approximate surface area is 90.3 Å². The van der Waals surface area contributed by atoms with Gasteiger partial charge < -0.3 is 0 Å². The molecule has 0 N–H and O–H groups in total. The van der Waals surface area contributed by atoms with Gasteiger partial charge in [0.15, 0.2) is 5.78 Å². The van der Waals surface area contributed by atoms with Crippen molar-refractivity contribution in [3.8, 4) is 0 Å². The lowest BCUT2D eigenvalue weighted by Crippen LogP contribution is -2.00. The standard InChI is InChI=1S/C10H11BrOS/c1-5-3-7(5)9(12)10-8(11)4-6(2)13-10/h4-5,7H,3H2,1-2H3. The molecule has 1 aromatic heterocycles. The molecule has 0 amide bonds. The van der Waals surface area contributed by atoms with Crippen LogP contribution in [0.2, 0.25) is 0 Å². The third-order valence-corrected chi connectivity index (χ3v) is 4.43.